The Kier molecular flexibility index (Phi) is 11.2. The van der Waals surface area contributed by atoms with E-state index in [1.54, 1.807) is 0 Å². The molecule has 0 spiro atoms. The summed E-state index contributed by atoms with van der Waals surface area (Å²) in [5.74, 6) is -0.226. The minimum absolute atomic E-state index is 0.0296. The second kappa shape index (κ2) is 17.3. The van der Waals surface area contributed by atoms with E-state index in [1.807, 2.05) is 94.7 Å². The van der Waals surface area contributed by atoms with E-state index in [9.17, 15) is 14.4 Å². The smallest absolute Gasteiger partial charge is 0.407 e. The number of benzene rings is 4. The number of H-pyrrole nitrogens is 2. The molecule has 9 rings (SSSR count). The minimum atomic E-state index is -0.870. The van der Waals surface area contributed by atoms with Gasteiger partial charge in [0.25, 0.3) is 0 Å². The molecule has 3 saturated heterocycles. The maximum Gasteiger partial charge on any atom is 0.407 e. The lowest BCUT2D eigenvalue weighted by molar-refractivity contribution is -0.335. The molecule has 6 aromatic rings. The SMILES string of the molecule is COC(=O)N[C@@H](C(=O)N1CCC[C@H]1c1cc(-c2ccc(-c3ccc(-c4cc([C@@H]5CCCN5C(=O)[C@H](NC5OCO5)c5ccccc5)[nH]n4)cc3)cc2)n[nH]1)c1ccccc1. The highest BCUT2D eigenvalue weighted by Crippen LogP contribution is 2.37. The van der Waals surface area contributed by atoms with E-state index in [0.717, 1.165) is 76.3 Å². The van der Waals surface area contributed by atoms with Crippen LogP contribution in [0, 0.1) is 0 Å². The summed E-state index contributed by atoms with van der Waals surface area (Å²) in [6.07, 6.45) is 2.06. The Bertz CT molecular complexity index is 2420. The fourth-order valence-corrected chi connectivity index (χ4v) is 8.45. The summed E-state index contributed by atoms with van der Waals surface area (Å²) in [7, 11) is 1.29. The van der Waals surface area contributed by atoms with Gasteiger partial charge in [-0.15, -0.1) is 0 Å². The Morgan fingerprint density at radius 2 is 1.10 bits per heavy atom. The van der Waals surface area contributed by atoms with Crippen LogP contribution in [0.5, 0.6) is 0 Å². The van der Waals surface area contributed by atoms with Gasteiger partial charge in [-0.05, 0) is 60.1 Å². The van der Waals surface area contributed by atoms with Crippen molar-refractivity contribution in [2.45, 2.75) is 56.3 Å². The number of amides is 3. The average molecular weight is 807 g/mol. The van der Waals surface area contributed by atoms with Gasteiger partial charge < -0.3 is 29.3 Å². The highest BCUT2D eigenvalue weighted by Gasteiger charge is 2.39. The molecule has 3 aliphatic rings. The number of carbonyl (C=O) groups excluding carboxylic acids is 3. The monoisotopic (exact) mass is 806 g/mol. The van der Waals surface area contributed by atoms with Crippen molar-refractivity contribution >= 4 is 17.9 Å². The second-order valence-electron chi connectivity index (χ2n) is 15.2. The van der Waals surface area contributed by atoms with E-state index < -0.39 is 24.6 Å². The normalized spacial score (nSPS) is 18.8. The number of rotatable bonds is 12. The number of aromatic amines is 2. The molecule has 306 valence electrons. The maximum absolute atomic E-state index is 14.0. The second-order valence-corrected chi connectivity index (χ2v) is 15.2. The van der Waals surface area contributed by atoms with Crippen molar-refractivity contribution in [3.05, 3.63) is 144 Å². The molecule has 2 aromatic heterocycles. The zero-order chi connectivity index (χ0) is 41.0. The molecule has 4 aromatic carbocycles. The van der Waals surface area contributed by atoms with Crippen molar-refractivity contribution in [1.82, 2.24) is 40.8 Å². The summed E-state index contributed by atoms with van der Waals surface area (Å²) in [5.41, 5.74) is 8.91. The fourth-order valence-electron chi connectivity index (χ4n) is 8.45. The van der Waals surface area contributed by atoms with Crippen molar-refractivity contribution < 1.29 is 28.6 Å². The summed E-state index contributed by atoms with van der Waals surface area (Å²) in [6.45, 7) is 1.43. The molecule has 4 N–H and O–H groups in total. The average Bonchev–Trinajstić information content (AvgIpc) is 4.13. The number of hydrogen-bond acceptors (Lipinski definition) is 9. The third-order valence-electron chi connectivity index (χ3n) is 11.6. The molecule has 3 aliphatic heterocycles. The summed E-state index contributed by atoms with van der Waals surface area (Å²) < 4.78 is 15.7. The van der Waals surface area contributed by atoms with Gasteiger partial charge in [0.05, 0.1) is 42.0 Å². The lowest BCUT2D eigenvalue weighted by Gasteiger charge is -2.34. The Morgan fingerprint density at radius 3 is 1.55 bits per heavy atom. The first-order valence-corrected chi connectivity index (χ1v) is 20.3. The van der Waals surface area contributed by atoms with Crippen LogP contribution in [0.1, 0.15) is 72.4 Å². The predicted molar refractivity (Wildman–Crippen MR) is 222 cm³/mol. The number of aromatic nitrogens is 4. The number of hydrogen-bond donors (Lipinski definition) is 4. The Labute approximate surface area is 347 Å². The Balaban J connectivity index is 0.855. The maximum atomic E-state index is 14.0. The largest absolute Gasteiger partial charge is 0.453 e. The number of ether oxygens (including phenoxy) is 3. The van der Waals surface area contributed by atoms with Crippen molar-refractivity contribution in [1.29, 1.82) is 0 Å². The van der Waals surface area contributed by atoms with E-state index in [4.69, 9.17) is 14.2 Å². The summed E-state index contributed by atoms with van der Waals surface area (Å²) in [6, 6.07) is 37.6. The van der Waals surface area contributed by atoms with Crippen molar-refractivity contribution in [3.8, 4) is 33.6 Å². The van der Waals surface area contributed by atoms with Gasteiger partial charge in [-0.2, -0.15) is 10.2 Å². The number of carbonyl (C=O) groups is 3. The molecular formula is C46H46N8O6. The zero-order valence-corrected chi connectivity index (χ0v) is 33.1. The van der Waals surface area contributed by atoms with Gasteiger partial charge in [0.1, 0.15) is 12.1 Å². The van der Waals surface area contributed by atoms with Crippen LogP contribution in [0.25, 0.3) is 33.6 Å². The number of alkyl carbamates (subject to hydrolysis) is 1. The molecule has 0 radical (unpaired) electrons. The van der Waals surface area contributed by atoms with Crippen molar-refractivity contribution in [2.24, 2.45) is 0 Å². The Morgan fingerprint density at radius 1 is 0.650 bits per heavy atom. The molecule has 4 atom stereocenters. The van der Waals surface area contributed by atoms with Crippen LogP contribution in [0.4, 0.5) is 4.79 Å². The molecule has 0 saturated carbocycles. The quantitative estimate of drug-likeness (QED) is 0.100. The molecule has 14 nitrogen and oxygen atoms in total. The molecule has 0 unspecified atom stereocenters. The third-order valence-corrected chi connectivity index (χ3v) is 11.6. The molecular weight excluding hydrogens is 761 g/mol. The van der Waals surface area contributed by atoms with Crippen LogP contribution in [0.3, 0.4) is 0 Å². The van der Waals surface area contributed by atoms with Crippen LogP contribution >= 0.6 is 0 Å². The van der Waals surface area contributed by atoms with Crippen LogP contribution in [0.15, 0.2) is 121 Å². The van der Waals surface area contributed by atoms with Gasteiger partial charge in [0.15, 0.2) is 6.79 Å². The molecule has 14 heteroatoms. The molecule has 0 bridgehead atoms. The molecule has 5 heterocycles. The summed E-state index contributed by atoms with van der Waals surface area (Å²) >= 11 is 0. The standard InChI is InChI=1S/C46H46N8O6/c1-58-45(57)47-41(33-10-4-2-5-11-33)43(55)53-24-8-14-39(53)37-26-35(49-51-37)31-20-16-29(17-21-31)30-18-22-32(23-19-30)36-27-38(52-50-36)40-15-9-25-54(40)44(56)42(48-46-59-28-60-46)34-12-6-3-7-13-34/h2-7,10-13,16-23,26-27,39-42,46,48H,8-9,14-15,24-25,28H2,1H3,(H,47,57)(H,49,51)(H,50,52)/t39-,40-,41+,42+/m0/s1. The van der Waals surface area contributed by atoms with Gasteiger partial charge in [0.2, 0.25) is 18.2 Å². The van der Waals surface area contributed by atoms with Gasteiger partial charge in [0, 0.05) is 24.2 Å². The number of nitrogens with zero attached hydrogens (tertiary/aromatic N) is 4. The van der Waals surface area contributed by atoms with E-state index in [-0.39, 0.29) is 30.7 Å². The molecule has 3 amide bonds. The first kappa shape index (κ1) is 38.9. The van der Waals surface area contributed by atoms with Gasteiger partial charge in [-0.1, -0.05) is 109 Å². The lowest BCUT2D eigenvalue weighted by atomic mass is 10.00. The van der Waals surface area contributed by atoms with E-state index in [1.165, 1.54) is 7.11 Å². The topological polar surface area (TPSA) is 167 Å². The van der Waals surface area contributed by atoms with E-state index in [0.29, 0.717) is 18.7 Å². The van der Waals surface area contributed by atoms with Gasteiger partial charge in [-0.25, -0.2) is 4.79 Å². The van der Waals surface area contributed by atoms with Crippen LogP contribution in [0.2, 0.25) is 0 Å². The summed E-state index contributed by atoms with van der Waals surface area (Å²) in [4.78, 5) is 43.9. The van der Waals surface area contributed by atoms with Crippen molar-refractivity contribution in [2.75, 3.05) is 27.0 Å². The van der Waals surface area contributed by atoms with Gasteiger partial charge in [-0.3, -0.25) is 25.1 Å². The highest BCUT2D eigenvalue weighted by atomic mass is 16.9. The predicted octanol–water partition coefficient (Wildman–Crippen LogP) is 7.18. The lowest BCUT2D eigenvalue weighted by Crippen LogP contribution is -2.50. The van der Waals surface area contributed by atoms with E-state index >= 15 is 0 Å². The van der Waals surface area contributed by atoms with Crippen LogP contribution in [-0.2, 0) is 23.8 Å². The summed E-state index contributed by atoms with van der Waals surface area (Å²) in [5, 5.41) is 21.6. The first-order valence-electron chi connectivity index (χ1n) is 20.3. The van der Waals surface area contributed by atoms with Crippen LogP contribution in [-0.4, -0.2) is 81.5 Å². The highest BCUT2D eigenvalue weighted by molar-refractivity contribution is 5.87. The number of nitrogens with one attached hydrogen (secondary N) is 4. The fraction of sp³-hybridized carbons (Fsp3) is 0.283. The third kappa shape index (κ3) is 8.04. The van der Waals surface area contributed by atoms with E-state index in [2.05, 4.69) is 67.4 Å². The first-order chi connectivity index (χ1) is 29.4. The number of likely N-dealkylation sites (tertiary alicyclic amines) is 2. The Hall–Kier alpha value is -6.61. The molecule has 0 aliphatic carbocycles. The van der Waals surface area contributed by atoms with Gasteiger partial charge >= 0.3 is 6.09 Å². The molecule has 3 fully saturated rings. The number of methoxy groups -OCH3 is 1. The minimum Gasteiger partial charge on any atom is -0.453 e. The molecule has 60 heavy (non-hydrogen) atoms. The zero-order valence-electron chi connectivity index (χ0n) is 33.1. The van der Waals surface area contributed by atoms with Crippen LogP contribution < -0.4 is 10.6 Å². The van der Waals surface area contributed by atoms with Crippen molar-refractivity contribution in [3.63, 3.8) is 0 Å².